The van der Waals surface area contributed by atoms with Crippen LogP contribution in [0.4, 0.5) is 0 Å². The van der Waals surface area contributed by atoms with Gasteiger partial charge in [-0.25, -0.2) is 0 Å². The van der Waals surface area contributed by atoms with E-state index in [1.807, 2.05) is 24.3 Å². The predicted octanol–water partition coefficient (Wildman–Crippen LogP) is 2.84. The molecule has 1 atom stereocenters. The van der Waals surface area contributed by atoms with E-state index < -0.39 is 0 Å². The first-order chi connectivity index (χ1) is 6.33. The van der Waals surface area contributed by atoms with Crippen LogP contribution in [0.3, 0.4) is 0 Å². The third kappa shape index (κ3) is 1.33. The summed E-state index contributed by atoms with van der Waals surface area (Å²) in [5.41, 5.74) is 7.97. The molecule has 0 spiro atoms. The van der Waals surface area contributed by atoms with Crippen LogP contribution in [-0.4, -0.2) is 0 Å². The third-order valence-corrected chi connectivity index (χ3v) is 2.35. The van der Waals surface area contributed by atoms with E-state index in [0.29, 0.717) is 0 Å². The topological polar surface area (TPSA) is 39.2 Å². The first-order valence-corrected chi connectivity index (χ1v) is 4.54. The van der Waals surface area contributed by atoms with E-state index in [0.717, 1.165) is 23.0 Å². The fourth-order valence-corrected chi connectivity index (χ4v) is 1.51. The van der Waals surface area contributed by atoms with Gasteiger partial charge in [-0.3, -0.25) is 0 Å². The van der Waals surface area contributed by atoms with E-state index in [1.54, 1.807) is 6.26 Å². The number of hydrogen-bond acceptors (Lipinski definition) is 2. The first kappa shape index (κ1) is 8.32. The molecule has 0 aliphatic heterocycles. The van der Waals surface area contributed by atoms with E-state index in [4.69, 9.17) is 10.2 Å². The lowest BCUT2D eigenvalue weighted by molar-refractivity contribution is 0.596. The molecule has 2 rings (SSSR count). The Morgan fingerprint density at radius 2 is 2.15 bits per heavy atom. The molecule has 0 amide bonds. The minimum absolute atomic E-state index is 0.0867. The summed E-state index contributed by atoms with van der Waals surface area (Å²) in [7, 11) is 0. The number of furan rings is 1. The number of nitrogens with two attached hydrogens (primary N) is 1. The quantitative estimate of drug-likeness (QED) is 0.762. The summed E-state index contributed by atoms with van der Waals surface area (Å²) in [6.07, 6.45) is 2.70. The normalized spacial score (nSPS) is 13.4. The van der Waals surface area contributed by atoms with Crippen molar-refractivity contribution in [1.29, 1.82) is 0 Å². The molecule has 0 radical (unpaired) electrons. The Balaban J connectivity index is 2.57. The molecule has 0 bridgehead atoms. The first-order valence-electron chi connectivity index (χ1n) is 4.54. The highest BCUT2D eigenvalue weighted by Crippen LogP contribution is 2.26. The van der Waals surface area contributed by atoms with Gasteiger partial charge >= 0.3 is 0 Å². The van der Waals surface area contributed by atoms with Crippen LogP contribution in [0.25, 0.3) is 11.0 Å². The second-order valence-corrected chi connectivity index (χ2v) is 3.20. The van der Waals surface area contributed by atoms with Crippen molar-refractivity contribution in [2.45, 2.75) is 19.4 Å². The van der Waals surface area contributed by atoms with Crippen molar-refractivity contribution < 1.29 is 4.42 Å². The Kier molecular flexibility index (Phi) is 2.07. The van der Waals surface area contributed by atoms with E-state index in [9.17, 15) is 0 Å². The van der Waals surface area contributed by atoms with Gasteiger partial charge in [0.15, 0.2) is 0 Å². The smallest absolute Gasteiger partial charge is 0.134 e. The summed E-state index contributed by atoms with van der Waals surface area (Å²) in [6, 6.07) is 8.06. The van der Waals surface area contributed by atoms with Crippen LogP contribution < -0.4 is 5.73 Å². The molecule has 2 N–H and O–H groups in total. The van der Waals surface area contributed by atoms with Gasteiger partial charge in [0.1, 0.15) is 5.58 Å². The molecule has 2 heteroatoms. The van der Waals surface area contributed by atoms with Crippen LogP contribution in [0, 0.1) is 0 Å². The second-order valence-electron chi connectivity index (χ2n) is 3.20. The second kappa shape index (κ2) is 3.23. The van der Waals surface area contributed by atoms with Gasteiger partial charge < -0.3 is 10.2 Å². The van der Waals surface area contributed by atoms with Crippen molar-refractivity contribution in [3.63, 3.8) is 0 Å². The Labute approximate surface area is 77.3 Å². The van der Waals surface area contributed by atoms with Gasteiger partial charge in [-0.2, -0.15) is 0 Å². The SMILES string of the molecule is CC[C@H](N)c1coc2ccccc12. The molecule has 0 saturated heterocycles. The van der Waals surface area contributed by atoms with Gasteiger partial charge in [0.2, 0.25) is 0 Å². The molecule has 2 nitrogen and oxygen atoms in total. The van der Waals surface area contributed by atoms with E-state index in [1.165, 1.54) is 0 Å². The number of benzene rings is 1. The largest absolute Gasteiger partial charge is 0.464 e. The summed E-state index contributed by atoms with van der Waals surface area (Å²) in [5, 5.41) is 1.14. The number of rotatable bonds is 2. The zero-order valence-corrected chi connectivity index (χ0v) is 7.66. The van der Waals surface area contributed by atoms with Crippen LogP contribution in [0.1, 0.15) is 24.9 Å². The maximum atomic E-state index is 5.94. The summed E-state index contributed by atoms with van der Waals surface area (Å²) >= 11 is 0. The standard InChI is InChI=1S/C11H13NO/c1-2-10(12)9-7-13-11-6-4-3-5-8(9)11/h3-7,10H,2,12H2,1H3/t10-/m0/s1. The van der Waals surface area contributed by atoms with Crippen molar-refractivity contribution in [2.75, 3.05) is 0 Å². The fraction of sp³-hybridized carbons (Fsp3) is 0.273. The molecular weight excluding hydrogens is 162 g/mol. The van der Waals surface area contributed by atoms with Crippen LogP contribution in [0.2, 0.25) is 0 Å². The van der Waals surface area contributed by atoms with Crippen molar-refractivity contribution in [3.05, 3.63) is 36.1 Å². The van der Waals surface area contributed by atoms with Gasteiger partial charge in [-0.15, -0.1) is 0 Å². The highest BCUT2D eigenvalue weighted by molar-refractivity contribution is 5.81. The maximum absolute atomic E-state index is 5.94. The molecular formula is C11H13NO. The summed E-state index contributed by atoms with van der Waals surface area (Å²) in [4.78, 5) is 0. The Bertz CT molecular complexity index is 405. The van der Waals surface area contributed by atoms with Gasteiger partial charge in [-0.05, 0) is 12.5 Å². The van der Waals surface area contributed by atoms with Gasteiger partial charge in [-0.1, -0.05) is 25.1 Å². The highest BCUT2D eigenvalue weighted by atomic mass is 16.3. The molecule has 1 aromatic heterocycles. The van der Waals surface area contributed by atoms with Crippen LogP contribution in [-0.2, 0) is 0 Å². The zero-order valence-electron chi connectivity index (χ0n) is 7.66. The minimum Gasteiger partial charge on any atom is -0.464 e. The lowest BCUT2D eigenvalue weighted by atomic mass is 10.1. The summed E-state index contributed by atoms with van der Waals surface area (Å²) in [5.74, 6) is 0. The Morgan fingerprint density at radius 3 is 2.92 bits per heavy atom. The molecule has 0 unspecified atom stereocenters. The lowest BCUT2D eigenvalue weighted by Crippen LogP contribution is -2.07. The molecule has 0 fully saturated rings. The molecule has 0 aliphatic carbocycles. The molecule has 1 heterocycles. The molecule has 0 aliphatic rings. The number of para-hydroxylation sites is 1. The number of hydrogen-bond donors (Lipinski definition) is 1. The maximum Gasteiger partial charge on any atom is 0.134 e. The number of fused-ring (bicyclic) bond motifs is 1. The van der Waals surface area contributed by atoms with Crippen LogP contribution >= 0.6 is 0 Å². The molecule has 2 aromatic rings. The molecule has 0 saturated carbocycles. The van der Waals surface area contributed by atoms with E-state index in [-0.39, 0.29) is 6.04 Å². The Morgan fingerprint density at radius 1 is 1.38 bits per heavy atom. The highest BCUT2D eigenvalue weighted by Gasteiger charge is 2.10. The van der Waals surface area contributed by atoms with Crippen molar-refractivity contribution in [3.8, 4) is 0 Å². The Hall–Kier alpha value is -1.28. The molecule has 13 heavy (non-hydrogen) atoms. The van der Waals surface area contributed by atoms with E-state index in [2.05, 4.69) is 6.92 Å². The van der Waals surface area contributed by atoms with Crippen molar-refractivity contribution in [2.24, 2.45) is 5.73 Å². The monoisotopic (exact) mass is 175 g/mol. The third-order valence-electron chi connectivity index (χ3n) is 2.35. The minimum atomic E-state index is 0.0867. The zero-order chi connectivity index (χ0) is 9.26. The van der Waals surface area contributed by atoms with E-state index >= 15 is 0 Å². The van der Waals surface area contributed by atoms with Gasteiger partial charge in [0.05, 0.1) is 6.26 Å². The van der Waals surface area contributed by atoms with Crippen LogP contribution in [0.15, 0.2) is 34.9 Å². The average molecular weight is 175 g/mol. The molecule has 68 valence electrons. The predicted molar refractivity (Wildman–Crippen MR) is 53.4 cm³/mol. The molecule has 1 aromatic carbocycles. The fourth-order valence-electron chi connectivity index (χ4n) is 1.51. The summed E-state index contributed by atoms with van der Waals surface area (Å²) < 4.78 is 5.39. The van der Waals surface area contributed by atoms with Crippen LogP contribution in [0.5, 0.6) is 0 Å². The lowest BCUT2D eigenvalue weighted by Gasteiger charge is -2.04. The van der Waals surface area contributed by atoms with Gasteiger partial charge in [0, 0.05) is 17.0 Å². The van der Waals surface area contributed by atoms with Crippen molar-refractivity contribution >= 4 is 11.0 Å². The summed E-state index contributed by atoms with van der Waals surface area (Å²) in [6.45, 7) is 2.08. The average Bonchev–Trinajstić information content (AvgIpc) is 2.60. The van der Waals surface area contributed by atoms with Crippen molar-refractivity contribution in [1.82, 2.24) is 0 Å². The van der Waals surface area contributed by atoms with Gasteiger partial charge in [0.25, 0.3) is 0 Å².